The van der Waals surface area contributed by atoms with Crippen LogP contribution < -0.4 is 16.0 Å². The molecule has 44 heavy (non-hydrogen) atoms. The lowest BCUT2D eigenvalue weighted by atomic mass is 9.87. The lowest BCUT2D eigenvalue weighted by Crippen LogP contribution is -2.66. The molecular weight excluding hydrogens is 558 g/mol. The second-order valence-electron chi connectivity index (χ2n) is 11.6. The Hall–Kier alpha value is -4.51. The van der Waals surface area contributed by atoms with Gasteiger partial charge in [-0.15, -0.1) is 0 Å². The maximum atomic E-state index is 14.5. The number of likely N-dealkylation sites (N-methyl/N-ethyl adjacent to an activating group) is 1. The maximum Gasteiger partial charge on any atom is 0.247 e. The minimum absolute atomic E-state index is 0.0331. The van der Waals surface area contributed by atoms with Crippen molar-refractivity contribution in [2.75, 3.05) is 26.7 Å². The predicted molar refractivity (Wildman–Crippen MR) is 165 cm³/mol. The fraction of sp³-hybridized carbons (Fsp3) is 0.424. The van der Waals surface area contributed by atoms with E-state index >= 15 is 0 Å². The van der Waals surface area contributed by atoms with Gasteiger partial charge in [0.15, 0.2) is 0 Å². The molecule has 4 amide bonds. The van der Waals surface area contributed by atoms with Crippen molar-refractivity contribution < 1.29 is 19.2 Å². The van der Waals surface area contributed by atoms with Crippen molar-refractivity contribution in [2.45, 2.75) is 62.8 Å². The fourth-order valence-electron chi connectivity index (χ4n) is 6.24. The standard InChI is InChI=1S/C33H41N7O4/c1-24(34-2)30(42)39-20-16-33(32(44)37-29(25-10-5-3-6-11-25)26-12-7-4-8-13-26)15-9-18-40(33)31(43)27(22-39)36-28(41)14-19-38-21-17-35-23-38/h3-8,10-13,17,21,23-24,27,29,34H,9,14-16,18-20,22H2,1-2H3,(H,36,41)(H,37,44). The minimum atomic E-state index is -1.17. The Morgan fingerprint density at radius 3 is 2.30 bits per heavy atom. The maximum absolute atomic E-state index is 14.5. The zero-order chi connectivity index (χ0) is 31.1. The molecule has 2 aromatic carbocycles. The summed E-state index contributed by atoms with van der Waals surface area (Å²) in [7, 11) is 1.70. The van der Waals surface area contributed by atoms with Crippen LogP contribution in [0.2, 0.25) is 0 Å². The number of rotatable bonds is 10. The van der Waals surface area contributed by atoms with Crippen LogP contribution in [-0.2, 0) is 25.7 Å². The predicted octanol–water partition coefficient (Wildman–Crippen LogP) is 1.87. The van der Waals surface area contributed by atoms with Crippen LogP contribution in [0.25, 0.3) is 0 Å². The average Bonchev–Trinajstić information content (AvgIpc) is 3.74. The van der Waals surface area contributed by atoms with E-state index in [4.69, 9.17) is 0 Å². The summed E-state index contributed by atoms with van der Waals surface area (Å²) >= 11 is 0. The number of aryl methyl sites for hydroxylation is 1. The monoisotopic (exact) mass is 599 g/mol. The number of aromatic nitrogens is 2. The molecule has 2 saturated heterocycles. The number of nitrogens with one attached hydrogen (secondary N) is 3. The number of hydrogen-bond donors (Lipinski definition) is 3. The molecule has 3 heterocycles. The summed E-state index contributed by atoms with van der Waals surface area (Å²) < 4.78 is 1.79. The summed E-state index contributed by atoms with van der Waals surface area (Å²) in [6.45, 7) is 2.87. The summed E-state index contributed by atoms with van der Waals surface area (Å²) in [5.74, 6) is -1.11. The van der Waals surface area contributed by atoms with E-state index in [2.05, 4.69) is 20.9 Å². The van der Waals surface area contributed by atoms with Crippen molar-refractivity contribution in [1.82, 2.24) is 35.3 Å². The quantitative estimate of drug-likeness (QED) is 0.327. The summed E-state index contributed by atoms with van der Waals surface area (Å²) in [6.07, 6.45) is 6.58. The van der Waals surface area contributed by atoms with Crippen molar-refractivity contribution in [3.05, 3.63) is 90.5 Å². The molecule has 232 valence electrons. The number of amides is 4. The first-order valence-corrected chi connectivity index (χ1v) is 15.3. The third-order valence-corrected chi connectivity index (χ3v) is 8.82. The molecule has 0 aliphatic carbocycles. The van der Waals surface area contributed by atoms with Gasteiger partial charge in [0.2, 0.25) is 23.6 Å². The van der Waals surface area contributed by atoms with Crippen LogP contribution in [0.1, 0.15) is 49.8 Å². The molecule has 1 aromatic heterocycles. The Kier molecular flexibility index (Phi) is 9.74. The normalized spacial score (nSPS) is 20.9. The zero-order valence-electron chi connectivity index (χ0n) is 25.3. The molecule has 2 fully saturated rings. The topological polar surface area (TPSA) is 129 Å². The lowest BCUT2D eigenvalue weighted by Gasteiger charge is -2.44. The number of carbonyl (C=O) groups excluding carboxylic acids is 4. The molecule has 3 aromatic rings. The van der Waals surface area contributed by atoms with Gasteiger partial charge in [0.1, 0.15) is 11.6 Å². The first-order valence-electron chi connectivity index (χ1n) is 15.3. The molecule has 0 spiro atoms. The van der Waals surface area contributed by atoms with E-state index in [-0.39, 0.29) is 43.1 Å². The third kappa shape index (κ3) is 6.67. The molecule has 3 N–H and O–H groups in total. The van der Waals surface area contributed by atoms with Crippen molar-refractivity contribution >= 4 is 23.6 Å². The molecule has 0 radical (unpaired) electrons. The third-order valence-electron chi connectivity index (χ3n) is 8.82. The van der Waals surface area contributed by atoms with Gasteiger partial charge in [-0.1, -0.05) is 60.7 Å². The highest BCUT2D eigenvalue weighted by molar-refractivity contribution is 5.96. The zero-order valence-corrected chi connectivity index (χ0v) is 25.3. The second kappa shape index (κ2) is 13.9. The Balaban J connectivity index is 1.44. The first kappa shape index (κ1) is 30.9. The van der Waals surface area contributed by atoms with Crippen LogP contribution in [0.5, 0.6) is 0 Å². The van der Waals surface area contributed by atoms with Crippen molar-refractivity contribution in [2.24, 2.45) is 0 Å². The van der Waals surface area contributed by atoms with E-state index in [9.17, 15) is 19.2 Å². The lowest BCUT2D eigenvalue weighted by molar-refractivity contribution is -0.152. The van der Waals surface area contributed by atoms with E-state index < -0.39 is 23.7 Å². The van der Waals surface area contributed by atoms with Crippen molar-refractivity contribution in [1.29, 1.82) is 0 Å². The first-order chi connectivity index (χ1) is 21.3. The van der Waals surface area contributed by atoms with Crippen LogP contribution in [0.15, 0.2) is 79.4 Å². The number of fused-ring (bicyclic) bond motifs is 1. The van der Waals surface area contributed by atoms with Crippen LogP contribution in [-0.4, -0.2) is 87.3 Å². The van der Waals surface area contributed by atoms with E-state index in [1.165, 1.54) is 0 Å². The largest absolute Gasteiger partial charge is 0.343 e. The molecular formula is C33H41N7O4. The molecule has 11 heteroatoms. The van der Waals surface area contributed by atoms with Gasteiger partial charge < -0.3 is 30.3 Å². The molecule has 2 aliphatic rings. The van der Waals surface area contributed by atoms with E-state index in [0.29, 0.717) is 32.4 Å². The molecule has 2 aliphatic heterocycles. The van der Waals surface area contributed by atoms with Crippen LogP contribution in [0.4, 0.5) is 0 Å². The van der Waals surface area contributed by atoms with Gasteiger partial charge in [0.25, 0.3) is 0 Å². The van der Waals surface area contributed by atoms with Crippen LogP contribution in [0, 0.1) is 0 Å². The molecule has 0 bridgehead atoms. The van der Waals surface area contributed by atoms with Crippen LogP contribution >= 0.6 is 0 Å². The Labute approximate surface area is 258 Å². The van der Waals surface area contributed by atoms with Gasteiger partial charge >= 0.3 is 0 Å². The number of imidazole rings is 1. The van der Waals surface area contributed by atoms with Crippen molar-refractivity contribution in [3.63, 3.8) is 0 Å². The van der Waals surface area contributed by atoms with Gasteiger partial charge in [-0.2, -0.15) is 0 Å². The Morgan fingerprint density at radius 2 is 1.68 bits per heavy atom. The Morgan fingerprint density at radius 1 is 1.00 bits per heavy atom. The summed E-state index contributed by atoms with van der Waals surface area (Å²) in [5, 5.41) is 9.15. The molecule has 0 saturated carbocycles. The van der Waals surface area contributed by atoms with E-state index in [1.54, 1.807) is 47.1 Å². The molecule has 11 nitrogen and oxygen atoms in total. The van der Waals surface area contributed by atoms with Crippen LogP contribution in [0.3, 0.4) is 0 Å². The number of hydrogen-bond acceptors (Lipinski definition) is 6. The smallest absolute Gasteiger partial charge is 0.247 e. The average molecular weight is 600 g/mol. The van der Waals surface area contributed by atoms with E-state index in [1.807, 2.05) is 60.7 Å². The van der Waals surface area contributed by atoms with E-state index in [0.717, 1.165) is 11.1 Å². The minimum Gasteiger partial charge on any atom is -0.343 e. The summed E-state index contributed by atoms with van der Waals surface area (Å²) in [6, 6.07) is 17.6. The number of benzene rings is 2. The van der Waals surface area contributed by atoms with Crippen molar-refractivity contribution in [3.8, 4) is 0 Å². The highest BCUT2D eigenvalue weighted by atomic mass is 16.2. The second-order valence-corrected chi connectivity index (χ2v) is 11.6. The Bertz CT molecular complexity index is 1390. The number of nitrogens with zero attached hydrogens (tertiary/aromatic N) is 4. The summed E-state index contributed by atoms with van der Waals surface area (Å²) in [4.78, 5) is 62.5. The molecule has 5 rings (SSSR count). The SMILES string of the molecule is CNC(C)C(=O)N1CCC2(C(=O)NC(c3ccccc3)c3ccccc3)CCCN2C(=O)C(NC(=O)CCn2ccnc2)C1. The van der Waals surface area contributed by atoms with Gasteiger partial charge in [0, 0.05) is 45.0 Å². The van der Waals surface area contributed by atoms with Gasteiger partial charge in [-0.05, 0) is 44.4 Å². The fourth-order valence-corrected chi connectivity index (χ4v) is 6.24. The highest BCUT2D eigenvalue weighted by Gasteiger charge is 2.53. The van der Waals surface area contributed by atoms with Gasteiger partial charge in [-0.25, -0.2) is 4.98 Å². The van der Waals surface area contributed by atoms with Gasteiger partial charge in [-0.3, -0.25) is 19.2 Å². The summed E-state index contributed by atoms with van der Waals surface area (Å²) in [5.41, 5.74) is 0.682. The highest BCUT2D eigenvalue weighted by Crippen LogP contribution is 2.36. The van der Waals surface area contributed by atoms with Gasteiger partial charge in [0.05, 0.1) is 18.4 Å². The molecule has 3 atom stereocenters. The molecule has 3 unspecified atom stereocenters. The number of carbonyl (C=O) groups is 4.